The molecule has 3 rings (SSSR count). The van der Waals surface area contributed by atoms with Gasteiger partial charge in [-0.15, -0.1) is 0 Å². The molecule has 0 atom stereocenters. The van der Waals surface area contributed by atoms with Gasteiger partial charge >= 0.3 is 0 Å². The molecule has 0 aliphatic rings. The Bertz CT molecular complexity index is 902. The third kappa shape index (κ3) is 3.43. The summed E-state index contributed by atoms with van der Waals surface area (Å²) < 4.78 is 6.09. The molecule has 0 aliphatic carbocycles. The number of hydrogen-bond donors (Lipinski definition) is 1. The molecule has 1 N–H and O–H groups in total. The Labute approximate surface area is 150 Å². The largest absolute Gasteiger partial charge is 0.485 e. The van der Waals surface area contributed by atoms with E-state index in [4.69, 9.17) is 12.6 Å². The van der Waals surface area contributed by atoms with Crippen LogP contribution in [0.25, 0.3) is 21.9 Å². The lowest BCUT2D eigenvalue weighted by Gasteiger charge is -2.37. The maximum Gasteiger partial charge on any atom is 0.131 e. The van der Waals surface area contributed by atoms with E-state index in [1.165, 1.54) is 0 Å². The molecular weight excluding hydrogens is 307 g/mol. The predicted octanol–water partition coefficient (Wildman–Crippen LogP) is 4.23. The zero-order valence-corrected chi connectivity index (χ0v) is 15.2. The lowest BCUT2D eigenvalue weighted by molar-refractivity contribution is -0.0906. The summed E-state index contributed by atoms with van der Waals surface area (Å²) in [5, 5.41) is 12.5. The maximum atomic E-state index is 10.3. The summed E-state index contributed by atoms with van der Waals surface area (Å²) in [6.07, 6.45) is 0. The first kappa shape index (κ1) is 17.6. The van der Waals surface area contributed by atoms with Crippen LogP contribution in [0.15, 0.2) is 60.7 Å². The van der Waals surface area contributed by atoms with Crippen LogP contribution in [0.2, 0.25) is 0 Å². The van der Waals surface area contributed by atoms with Gasteiger partial charge in [0, 0.05) is 0 Å². The Hall–Kier alpha value is -2.26. The minimum absolute atomic E-state index is 0.719. The number of rotatable bonds is 4. The molecule has 0 unspecified atom stereocenters. The molecule has 126 valence electrons. The molecule has 0 aromatic heterocycles. The van der Waals surface area contributed by atoms with Gasteiger partial charge in [-0.3, -0.25) is 0 Å². The van der Waals surface area contributed by atoms with Crippen LogP contribution in [-0.2, 0) is 0 Å². The average Bonchev–Trinajstić information content (AvgIpc) is 2.53. The van der Waals surface area contributed by atoms with Gasteiger partial charge in [-0.2, -0.15) is 0 Å². The molecule has 25 heavy (non-hydrogen) atoms. The van der Waals surface area contributed by atoms with Crippen molar-refractivity contribution in [1.29, 1.82) is 0 Å². The quantitative estimate of drug-likeness (QED) is 0.726. The SMILES string of the molecule is [B]c1cccc2cccc(-c3cccc(OC(C)(C)C(C)(C)O)c3)c12. The summed E-state index contributed by atoms with van der Waals surface area (Å²) in [6, 6.07) is 20.0. The van der Waals surface area contributed by atoms with Gasteiger partial charge in [-0.25, -0.2) is 0 Å². The van der Waals surface area contributed by atoms with Crippen molar-refractivity contribution in [3.05, 3.63) is 60.7 Å². The fourth-order valence-electron chi connectivity index (χ4n) is 2.76. The maximum absolute atomic E-state index is 10.3. The first-order valence-corrected chi connectivity index (χ1v) is 8.48. The Morgan fingerprint density at radius 3 is 2.20 bits per heavy atom. The Morgan fingerprint density at radius 1 is 0.880 bits per heavy atom. The van der Waals surface area contributed by atoms with Gasteiger partial charge in [0.2, 0.25) is 0 Å². The van der Waals surface area contributed by atoms with E-state index < -0.39 is 11.2 Å². The number of hydrogen-bond acceptors (Lipinski definition) is 2. The molecule has 0 spiro atoms. The fourth-order valence-corrected chi connectivity index (χ4v) is 2.76. The molecule has 0 saturated carbocycles. The molecule has 3 aromatic carbocycles. The molecule has 0 heterocycles. The van der Waals surface area contributed by atoms with E-state index in [1.54, 1.807) is 13.8 Å². The molecular formula is C22H23BO2. The highest BCUT2D eigenvalue weighted by molar-refractivity contribution is 6.40. The van der Waals surface area contributed by atoms with E-state index in [-0.39, 0.29) is 0 Å². The zero-order chi connectivity index (χ0) is 18.2. The standard InChI is InChI=1S/C22H23BO2/c1-21(2,24)22(3,4)25-17-11-5-10-16(14-17)18-12-6-8-15-9-7-13-19(23)20(15)18/h5-14,24H,1-4H3. The van der Waals surface area contributed by atoms with Crippen molar-refractivity contribution in [1.82, 2.24) is 0 Å². The lowest BCUT2D eigenvalue weighted by Crippen LogP contribution is -2.49. The summed E-state index contributed by atoms with van der Waals surface area (Å²) in [5.74, 6) is 0.719. The van der Waals surface area contributed by atoms with Gasteiger partial charge in [0.25, 0.3) is 0 Å². The Morgan fingerprint density at radius 2 is 1.52 bits per heavy atom. The third-order valence-electron chi connectivity index (χ3n) is 4.93. The summed E-state index contributed by atoms with van der Waals surface area (Å²) in [7, 11) is 6.23. The van der Waals surface area contributed by atoms with Crippen LogP contribution in [0.4, 0.5) is 0 Å². The molecule has 2 nitrogen and oxygen atoms in total. The van der Waals surface area contributed by atoms with Gasteiger partial charge < -0.3 is 9.84 Å². The normalized spacial score (nSPS) is 12.4. The summed E-state index contributed by atoms with van der Waals surface area (Å²) in [5.41, 5.74) is 1.18. The van der Waals surface area contributed by atoms with Crippen LogP contribution in [0.3, 0.4) is 0 Å². The third-order valence-corrected chi connectivity index (χ3v) is 4.93. The molecule has 3 heteroatoms. The van der Waals surface area contributed by atoms with Gasteiger partial charge in [0.15, 0.2) is 0 Å². The number of fused-ring (bicyclic) bond motifs is 1. The predicted molar refractivity (Wildman–Crippen MR) is 106 cm³/mol. The minimum atomic E-state index is -0.965. The fraction of sp³-hybridized carbons (Fsp3) is 0.273. The Kier molecular flexibility index (Phi) is 4.38. The van der Waals surface area contributed by atoms with Crippen molar-refractivity contribution < 1.29 is 9.84 Å². The van der Waals surface area contributed by atoms with Crippen LogP contribution >= 0.6 is 0 Å². The lowest BCUT2D eigenvalue weighted by atomic mass is 9.86. The Balaban J connectivity index is 2.07. The average molecular weight is 330 g/mol. The van der Waals surface area contributed by atoms with Crippen LogP contribution < -0.4 is 10.2 Å². The number of ether oxygens (including phenoxy) is 1. The highest BCUT2D eigenvalue weighted by atomic mass is 16.5. The van der Waals surface area contributed by atoms with Crippen molar-refractivity contribution in [2.75, 3.05) is 0 Å². The van der Waals surface area contributed by atoms with Crippen molar-refractivity contribution in [3.63, 3.8) is 0 Å². The van der Waals surface area contributed by atoms with E-state index in [1.807, 2.05) is 56.3 Å². The number of aliphatic hydroxyl groups is 1. The highest BCUT2D eigenvalue weighted by Crippen LogP contribution is 2.33. The van der Waals surface area contributed by atoms with E-state index in [2.05, 4.69) is 18.2 Å². The molecule has 3 aromatic rings. The molecule has 0 fully saturated rings. The van der Waals surface area contributed by atoms with Gasteiger partial charge in [-0.1, -0.05) is 54.0 Å². The topological polar surface area (TPSA) is 29.5 Å². The highest BCUT2D eigenvalue weighted by Gasteiger charge is 2.37. The summed E-state index contributed by atoms with van der Waals surface area (Å²) in [6.45, 7) is 7.27. The van der Waals surface area contributed by atoms with E-state index in [9.17, 15) is 5.11 Å². The second kappa shape index (κ2) is 6.23. The first-order chi connectivity index (χ1) is 11.7. The monoisotopic (exact) mass is 330 g/mol. The smallest absolute Gasteiger partial charge is 0.131 e. The summed E-state index contributed by atoms with van der Waals surface area (Å²) >= 11 is 0. The van der Waals surface area contributed by atoms with Gasteiger partial charge in [-0.05, 0) is 61.7 Å². The van der Waals surface area contributed by atoms with Crippen molar-refractivity contribution in [3.8, 4) is 16.9 Å². The minimum Gasteiger partial charge on any atom is -0.485 e. The molecule has 0 bridgehead atoms. The van der Waals surface area contributed by atoms with Gasteiger partial charge in [0.05, 0.1) is 5.60 Å². The molecule has 0 aliphatic heterocycles. The van der Waals surface area contributed by atoms with Crippen LogP contribution in [0.1, 0.15) is 27.7 Å². The molecule has 0 amide bonds. The molecule has 2 radical (unpaired) electrons. The van der Waals surface area contributed by atoms with Gasteiger partial charge in [0.1, 0.15) is 19.2 Å². The van der Waals surface area contributed by atoms with Crippen molar-refractivity contribution in [2.24, 2.45) is 0 Å². The van der Waals surface area contributed by atoms with Crippen molar-refractivity contribution >= 4 is 24.1 Å². The van der Waals surface area contributed by atoms with Crippen molar-refractivity contribution in [2.45, 2.75) is 38.9 Å². The summed E-state index contributed by atoms with van der Waals surface area (Å²) in [4.78, 5) is 0. The zero-order valence-electron chi connectivity index (χ0n) is 15.2. The first-order valence-electron chi connectivity index (χ1n) is 8.48. The van der Waals surface area contributed by atoms with E-state index in [0.717, 1.165) is 33.1 Å². The second-order valence-electron chi connectivity index (χ2n) is 7.45. The van der Waals surface area contributed by atoms with E-state index in [0.29, 0.717) is 0 Å². The van der Waals surface area contributed by atoms with Crippen LogP contribution in [0.5, 0.6) is 5.75 Å². The molecule has 0 saturated heterocycles. The van der Waals surface area contributed by atoms with E-state index >= 15 is 0 Å². The van der Waals surface area contributed by atoms with Crippen LogP contribution in [0, 0.1) is 0 Å². The number of benzene rings is 3. The second-order valence-corrected chi connectivity index (χ2v) is 7.45. The van der Waals surface area contributed by atoms with Crippen LogP contribution in [-0.4, -0.2) is 24.2 Å².